The van der Waals surface area contributed by atoms with Crippen molar-refractivity contribution in [3.05, 3.63) is 12.2 Å². The predicted molar refractivity (Wildman–Crippen MR) is 90.3 cm³/mol. The van der Waals surface area contributed by atoms with Crippen LogP contribution < -0.4 is 0 Å². The molecule has 1 saturated heterocycles. The first-order valence-electron chi connectivity index (χ1n) is 9.05. The largest absolute Gasteiger partial charge is 0.394 e. The van der Waals surface area contributed by atoms with Crippen molar-refractivity contribution in [2.75, 3.05) is 19.8 Å². The van der Waals surface area contributed by atoms with E-state index in [1.165, 1.54) is 25.7 Å². The molecule has 1 fully saturated rings. The summed E-state index contributed by atoms with van der Waals surface area (Å²) in [7, 11) is 0. The third kappa shape index (κ3) is 8.27. The van der Waals surface area contributed by atoms with Crippen LogP contribution in [0, 0.1) is 0 Å². The van der Waals surface area contributed by atoms with Gasteiger partial charge in [0.1, 0.15) is 24.4 Å². The molecule has 0 saturated carbocycles. The fourth-order valence-electron chi connectivity index (χ4n) is 2.77. The molecular formula is C18H34O5. The van der Waals surface area contributed by atoms with Gasteiger partial charge in [0.05, 0.1) is 13.2 Å². The summed E-state index contributed by atoms with van der Waals surface area (Å²) in [5.74, 6) is 0. The van der Waals surface area contributed by atoms with Gasteiger partial charge < -0.3 is 24.8 Å². The summed E-state index contributed by atoms with van der Waals surface area (Å²) in [5.41, 5.74) is 0. The molecule has 0 aromatic heterocycles. The van der Waals surface area contributed by atoms with Gasteiger partial charge in [-0.3, -0.25) is 0 Å². The van der Waals surface area contributed by atoms with Gasteiger partial charge in [-0.2, -0.15) is 0 Å². The van der Waals surface area contributed by atoms with Crippen LogP contribution in [-0.4, -0.2) is 59.6 Å². The van der Waals surface area contributed by atoms with Crippen molar-refractivity contribution in [3.8, 4) is 0 Å². The van der Waals surface area contributed by atoms with Crippen LogP contribution in [0.1, 0.15) is 58.3 Å². The maximum atomic E-state index is 9.81. The standard InChI is InChI=1S/C18H34O5/c1-2-3-4-5-6-7-8-9-10-11-12-22-18-16(21)14-23-17(18)15(20)13-19/h6-7,15-21H,2-5,8-14H2,1H3/b7-6+/t15-,16+,17-,18-/m1/s1. The summed E-state index contributed by atoms with van der Waals surface area (Å²) in [6.45, 7) is 2.52. The third-order valence-electron chi connectivity index (χ3n) is 4.20. The Kier molecular flexibility index (Phi) is 11.5. The summed E-state index contributed by atoms with van der Waals surface area (Å²) in [5, 5.41) is 28.4. The molecule has 0 aliphatic carbocycles. The van der Waals surface area contributed by atoms with Gasteiger partial charge in [-0.15, -0.1) is 0 Å². The topological polar surface area (TPSA) is 79.2 Å². The van der Waals surface area contributed by atoms with E-state index in [-0.39, 0.29) is 13.2 Å². The van der Waals surface area contributed by atoms with Crippen LogP contribution in [0.4, 0.5) is 0 Å². The molecule has 1 heterocycles. The van der Waals surface area contributed by atoms with E-state index >= 15 is 0 Å². The minimum Gasteiger partial charge on any atom is -0.394 e. The molecule has 5 heteroatoms. The summed E-state index contributed by atoms with van der Waals surface area (Å²) in [4.78, 5) is 0. The molecule has 0 spiro atoms. The average Bonchev–Trinajstić information content (AvgIpc) is 2.93. The average molecular weight is 330 g/mol. The van der Waals surface area contributed by atoms with E-state index in [9.17, 15) is 10.2 Å². The third-order valence-corrected chi connectivity index (χ3v) is 4.20. The van der Waals surface area contributed by atoms with Gasteiger partial charge in [0.2, 0.25) is 0 Å². The van der Waals surface area contributed by atoms with Crippen molar-refractivity contribution in [1.82, 2.24) is 0 Å². The van der Waals surface area contributed by atoms with Crippen molar-refractivity contribution in [2.24, 2.45) is 0 Å². The number of unbranched alkanes of at least 4 members (excludes halogenated alkanes) is 6. The molecule has 0 aromatic rings. The minimum absolute atomic E-state index is 0.148. The van der Waals surface area contributed by atoms with Gasteiger partial charge in [0.15, 0.2) is 0 Å². The smallest absolute Gasteiger partial charge is 0.114 e. The summed E-state index contributed by atoms with van der Waals surface area (Å²) in [6.07, 6.45) is 10.9. The molecule has 5 nitrogen and oxygen atoms in total. The highest BCUT2D eigenvalue weighted by Crippen LogP contribution is 2.21. The first-order valence-corrected chi connectivity index (χ1v) is 9.05. The number of hydrogen-bond acceptors (Lipinski definition) is 5. The number of allylic oxidation sites excluding steroid dienone is 2. The van der Waals surface area contributed by atoms with Crippen molar-refractivity contribution in [1.29, 1.82) is 0 Å². The number of aliphatic hydroxyl groups is 3. The zero-order chi connectivity index (χ0) is 16.9. The van der Waals surface area contributed by atoms with E-state index in [0.29, 0.717) is 6.61 Å². The molecule has 0 bridgehead atoms. The van der Waals surface area contributed by atoms with Crippen molar-refractivity contribution < 1.29 is 24.8 Å². The highest BCUT2D eigenvalue weighted by molar-refractivity contribution is 4.89. The fraction of sp³-hybridized carbons (Fsp3) is 0.889. The Morgan fingerprint density at radius 3 is 2.48 bits per heavy atom. The molecule has 4 atom stereocenters. The molecule has 0 unspecified atom stereocenters. The lowest BCUT2D eigenvalue weighted by Gasteiger charge is -2.23. The molecule has 1 rings (SSSR count). The van der Waals surface area contributed by atoms with Gasteiger partial charge in [-0.05, 0) is 32.1 Å². The van der Waals surface area contributed by atoms with Crippen LogP contribution in [-0.2, 0) is 9.47 Å². The zero-order valence-electron chi connectivity index (χ0n) is 14.4. The highest BCUT2D eigenvalue weighted by Gasteiger charge is 2.40. The molecule has 0 aromatic carbocycles. The Morgan fingerprint density at radius 1 is 1.13 bits per heavy atom. The summed E-state index contributed by atoms with van der Waals surface area (Å²) < 4.78 is 10.9. The highest BCUT2D eigenvalue weighted by atomic mass is 16.6. The normalized spacial score (nSPS) is 26.2. The van der Waals surface area contributed by atoms with Gasteiger partial charge in [0, 0.05) is 6.61 Å². The second-order valence-corrected chi connectivity index (χ2v) is 6.27. The van der Waals surface area contributed by atoms with Gasteiger partial charge >= 0.3 is 0 Å². The van der Waals surface area contributed by atoms with Gasteiger partial charge in [-0.1, -0.05) is 38.3 Å². The minimum atomic E-state index is -1.00. The Bertz CT molecular complexity index is 308. The maximum Gasteiger partial charge on any atom is 0.114 e. The molecule has 0 amide bonds. The lowest BCUT2D eigenvalue weighted by molar-refractivity contribution is -0.0937. The Hall–Kier alpha value is -0.460. The molecule has 3 N–H and O–H groups in total. The van der Waals surface area contributed by atoms with Crippen LogP contribution in [0.2, 0.25) is 0 Å². The van der Waals surface area contributed by atoms with E-state index in [1.807, 2.05) is 0 Å². The van der Waals surface area contributed by atoms with Gasteiger partial charge in [0.25, 0.3) is 0 Å². The lowest BCUT2D eigenvalue weighted by atomic mass is 10.1. The predicted octanol–water partition coefficient (Wildman–Crippen LogP) is 2.18. The van der Waals surface area contributed by atoms with E-state index in [4.69, 9.17) is 14.6 Å². The van der Waals surface area contributed by atoms with E-state index in [0.717, 1.165) is 25.7 Å². The van der Waals surface area contributed by atoms with Crippen LogP contribution in [0.5, 0.6) is 0 Å². The molecule has 23 heavy (non-hydrogen) atoms. The van der Waals surface area contributed by atoms with Crippen LogP contribution in [0.3, 0.4) is 0 Å². The molecule has 136 valence electrons. The summed E-state index contributed by atoms with van der Waals surface area (Å²) in [6, 6.07) is 0. The Morgan fingerprint density at radius 2 is 1.83 bits per heavy atom. The van der Waals surface area contributed by atoms with Crippen LogP contribution >= 0.6 is 0 Å². The van der Waals surface area contributed by atoms with Crippen LogP contribution in [0.15, 0.2) is 12.2 Å². The van der Waals surface area contributed by atoms with E-state index in [2.05, 4.69) is 19.1 Å². The Balaban J connectivity index is 2.03. The number of hydrogen-bond donors (Lipinski definition) is 3. The van der Waals surface area contributed by atoms with Crippen molar-refractivity contribution in [2.45, 2.75) is 82.7 Å². The Labute approximate surface area is 140 Å². The monoisotopic (exact) mass is 330 g/mol. The molecule has 0 radical (unpaired) electrons. The van der Waals surface area contributed by atoms with E-state index < -0.39 is 24.4 Å². The first-order chi connectivity index (χ1) is 11.2. The quantitative estimate of drug-likeness (QED) is 0.356. The van der Waals surface area contributed by atoms with Gasteiger partial charge in [-0.25, -0.2) is 0 Å². The number of ether oxygens (including phenoxy) is 2. The SMILES string of the molecule is CCCCC/C=C/CCCCCO[C@H]1[C@@H]([C@H](O)CO)OC[C@@H]1O. The van der Waals surface area contributed by atoms with Crippen molar-refractivity contribution in [3.63, 3.8) is 0 Å². The van der Waals surface area contributed by atoms with Crippen molar-refractivity contribution >= 4 is 0 Å². The van der Waals surface area contributed by atoms with Crippen LogP contribution in [0.25, 0.3) is 0 Å². The van der Waals surface area contributed by atoms with E-state index in [1.54, 1.807) is 0 Å². The fourth-order valence-corrected chi connectivity index (χ4v) is 2.77. The maximum absolute atomic E-state index is 9.81. The second-order valence-electron chi connectivity index (χ2n) is 6.27. The lowest BCUT2D eigenvalue weighted by Crippen LogP contribution is -2.42. The number of aliphatic hydroxyl groups excluding tert-OH is 3. The second kappa shape index (κ2) is 12.9. The first kappa shape index (κ1) is 20.6. The summed E-state index contributed by atoms with van der Waals surface area (Å²) >= 11 is 0. The zero-order valence-corrected chi connectivity index (χ0v) is 14.4. The molecule has 1 aliphatic heterocycles. The number of rotatable bonds is 13. The molecular weight excluding hydrogens is 296 g/mol. The molecule has 1 aliphatic rings.